The molecule has 1 aromatic heterocycles. The number of nitrogens with one attached hydrogen (secondary N) is 1. The van der Waals surface area contributed by atoms with Crippen molar-refractivity contribution in [3.05, 3.63) is 66.1 Å². The first-order chi connectivity index (χ1) is 14.1. The zero-order chi connectivity index (χ0) is 20.4. The molecule has 4 rings (SSSR count). The number of ether oxygens (including phenoxy) is 1. The predicted molar refractivity (Wildman–Crippen MR) is 106 cm³/mol. The van der Waals surface area contributed by atoms with Crippen LogP contribution in [0.4, 0.5) is 14.9 Å². The number of methoxy groups -OCH3 is 1. The molecule has 0 atom stereocenters. The second-order valence-electron chi connectivity index (χ2n) is 6.54. The van der Waals surface area contributed by atoms with E-state index in [0.717, 1.165) is 5.39 Å². The van der Waals surface area contributed by atoms with Crippen LogP contribution >= 0.6 is 0 Å². The van der Waals surface area contributed by atoms with Gasteiger partial charge in [-0.15, -0.1) is 0 Å². The Labute approximate surface area is 166 Å². The van der Waals surface area contributed by atoms with Gasteiger partial charge in [0.2, 0.25) is 0 Å². The molecule has 29 heavy (non-hydrogen) atoms. The highest BCUT2D eigenvalue weighted by Gasteiger charge is 2.32. The zero-order valence-electron chi connectivity index (χ0n) is 15.8. The number of amides is 3. The summed E-state index contributed by atoms with van der Waals surface area (Å²) >= 11 is 0. The number of anilines is 1. The molecule has 1 aliphatic heterocycles. The fourth-order valence-electron chi connectivity index (χ4n) is 3.33. The van der Waals surface area contributed by atoms with Gasteiger partial charge in [0.05, 0.1) is 18.3 Å². The van der Waals surface area contributed by atoms with E-state index in [1.54, 1.807) is 18.2 Å². The van der Waals surface area contributed by atoms with Crippen LogP contribution in [0.2, 0.25) is 0 Å². The molecule has 0 saturated carbocycles. The van der Waals surface area contributed by atoms with Crippen LogP contribution in [0.3, 0.4) is 0 Å². The molecule has 0 unspecified atom stereocenters. The Morgan fingerprint density at radius 2 is 1.79 bits per heavy atom. The lowest BCUT2D eigenvalue weighted by Crippen LogP contribution is -2.47. The first-order valence-electron chi connectivity index (χ1n) is 9.17. The summed E-state index contributed by atoms with van der Waals surface area (Å²) in [4.78, 5) is 30.2. The lowest BCUT2D eigenvalue weighted by molar-refractivity contribution is 0.0398. The number of nitrogens with zero attached hydrogens (tertiary/aromatic N) is 3. The first-order valence-corrected chi connectivity index (χ1v) is 9.17. The molecule has 2 heterocycles. The van der Waals surface area contributed by atoms with Crippen molar-refractivity contribution in [3.8, 4) is 5.75 Å². The lowest BCUT2D eigenvalue weighted by atomic mass is 10.1. The van der Waals surface area contributed by atoms with E-state index < -0.39 is 17.8 Å². The van der Waals surface area contributed by atoms with Crippen LogP contribution in [0.25, 0.3) is 10.9 Å². The third-order valence-corrected chi connectivity index (χ3v) is 4.73. The number of hydrogen-bond acceptors (Lipinski definition) is 4. The van der Waals surface area contributed by atoms with E-state index in [-0.39, 0.29) is 11.4 Å². The number of carbonyl (C=O) groups is 2. The van der Waals surface area contributed by atoms with Crippen molar-refractivity contribution in [1.29, 1.82) is 0 Å². The molecule has 3 aromatic rings. The number of urea groups is 1. The molecule has 0 radical (unpaired) electrons. The Balaban J connectivity index is 1.60. The molecule has 3 amide bonds. The van der Waals surface area contributed by atoms with Crippen molar-refractivity contribution in [2.24, 2.45) is 0 Å². The van der Waals surface area contributed by atoms with Crippen molar-refractivity contribution < 1.29 is 18.7 Å². The van der Waals surface area contributed by atoms with E-state index >= 15 is 0 Å². The molecule has 1 saturated heterocycles. The van der Waals surface area contributed by atoms with E-state index in [4.69, 9.17) is 4.74 Å². The van der Waals surface area contributed by atoms with Gasteiger partial charge in [-0.25, -0.2) is 24.2 Å². The van der Waals surface area contributed by atoms with Crippen LogP contribution < -0.4 is 10.1 Å². The zero-order valence-corrected chi connectivity index (χ0v) is 15.8. The molecule has 7 nitrogen and oxygen atoms in total. The fraction of sp³-hybridized carbons (Fsp3) is 0.190. The molecular formula is C21H19FN4O3. The summed E-state index contributed by atoms with van der Waals surface area (Å²) in [6.07, 6.45) is 0.612. The maximum atomic E-state index is 13.9. The van der Waals surface area contributed by atoms with Gasteiger partial charge >= 0.3 is 6.03 Å². The highest BCUT2D eigenvalue weighted by molar-refractivity contribution is 5.99. The molecule has 0 spiro atoms. The monoisotopic (exact) mass is 394 g/mol. The average Bonchev–Trinajstić information content (AvgIpc) is 3.24. The number of halogens is 1. The fourth-order valence-corrected chi connectivity index (χ4v) is 3.33. The standard InChI is InChI=1S/C21H19FN4O3/c1-29-19-13-18(23-16-9-4-2-7-14(16)19)20(27)25-11-6-12-26(25)21(28)24-17-10-5-3-8-15(17)22/h2-5,7-10,13H,6,11-12H2,1H3,(H,24,28). The predicted octanol–water partition coefficient (Wildman–Crippen LogP) is 3.68. The van der Waals surface area contributed by atoms with Gasteiger partial charge in [0.25, 0.3) is 5.91 Å². The van der Waals surface area contributed by atoms with Gasteiger partial charge in [0.15, 0.2) is 0 Å². The average molecular weight is 394 g/mol. The van der Waals surface area contributed by atoms with E-state index in [9.17, 15) is 14.0 Å². The van der Waals surface area contributed by atoms with E-state index in [2.05, 4.69) is 10.3 Å². The molecule has 0 aliphatic carbocycles. The minimum Gasteiger partial charge on any atom is -0.496 e. The first kappa shape index (κ1) is 18.7. The number of carbonyl (C=O) groups excluding carboxylic acids is 2. The molecule has 1 aliphatic rings. The number of hydrogen-bond donors (Lipinski definition) is 1. The van der Waals surface area contributed by atoms with Crippen LogP contribution in [0, 0.1) is 5.82 Å². The third kappa shape index (κ3) is 3.56. The van der Waals surface area contributed by atoms with Crippen LogP contribution in [-0.4, -0.2) is 47.1 Å². The SMILES string of the molecule is COc1cc(C(=O)N2CCCN2C(=O)Nc2ccccc2F)nc2ccccc12. The Morgan fingerprint density at radius 3 is 2.59 bits per heavy atom. The summed E-state index contributed by atoms with van der Waals surface area (Å²) in [5.74, 6) is -0.436. The molecule has 1 N–H and O–H groups in total. The highest BCUT2D eigenvalue weighted by Crippen LogP contribution is 2.26. The van der Waals surface area contributed by atoms with Crippen LogP contribution in [0.15, 0.2) is 54.6 Å². The summed E-state index contributed by atoms with van der Waals surface area (Å²) in [5.41, 5.74) is 0.852. The van der Waals surface area contributed by atoms with Crippen LogP contribution in [0.1, 0.15) is 16.9 Å². The Kier molecular flexibility index (Phi) is 4.99. The molecule has 2 aromatic carbocycles. The van der Waals surface area contributed by atoms with Gasteiger partial charge in [0, 0.05) is 24.5 Å². The number of aromatic nitrogens is 1. The summed E-state index contributed by atoms with van der Waals surface area (Å²) in [5, 5.41) is 5.91. The van der Waals surface area contributed by atoms with Gasteiger partial charge in [-0.3, -0.25) is 4.79 Å². The van der Waals surface area contributed by atoms with Crippen molar-refractivity contribution in [1.82, 2.24) is 15.0 Å². The third-order valence-electron chi connectivity index (χ3n) is 4.73. The quantitative estimate of drug-likeness (QED) is 0.735. The molecule has 148 valence electrons. The van der Waals surface area contributed by atoms with Gasteiger partial charge in [-0.1, -0.05) is 24.3 Å². The Bertz CT molecular complexity index is 1090. The number of pyridine rings is 1. The van der Waals surface area contributed by atoms with E-state index in [0.29, 0.717) is 30.8 Å². The maximum absolute atomic E-state index is 13.9. The smallest absolute Gasteiger partial charge is 0.340 e. The topological polar surface area (TPSA) is 74.8 Å². The van der Waals surface area contributed by atoms with E-state index in [1.165, 1.54) is 35.3 Å². The van der Waals surface area contributed by atoms with Gasteiger partial charge < -0.3 is 10.1 Å². The van der Waals surface area contributed by atoms with Gasteiger partial charge in [-0.05, 0) is 30.7 Å². The second kappa shape index (κ2) is 7.75. The normalized spacial score (nSPS) is 13.6. The molecule has 1 fully saturated rings. The minimum atomic E-state index is -0.575. The van der Waals surface area contributed by atoms with E-state index in [1.807, 2.05) is 18.2 Å². The van der Waals surface area contributed by atoms with Crippen molar-refractivity contribution >= 4 is 28.5 Å². The Hall–Kier alpha value is -3.68. The number of hydrazine groups is 1. The number of para-hydroxylation sites is 2. The van der Waals surface area contributed by atoms with Gasteiger partial charge in [-0.2, -0.15) is 0 Å². The number of benzene rings is 2. The maximum Gasteiger partial charge on any atom is 0.340 e. The summed E-state index contributed by atoms with van der Waals surface area (Å²) in [6, 6.07) is 14.2. The van der Waals surface area contributed by atoms with Crippen LogP contribution in [0.5, 0.6) is 5.75 Å². The highest BCUT2D eigenvalue weighted by atomic mass is 19.1. The largest absolute Gasteiger partial charge is 0.496 e. The summed E-state index contributed by atoms with van der Waals surface area (Å²) in [6.45, 7) is 0.705. The molecule has 8 heteroatoms. The Morgan fingerprint density at radius 1 is 1.07 bits per heavy atom. The van der Waals surface area contributed by atoms with Crippen molar-refractivity contribution in [2.75, 3.05) is 25.5 Å². The summed E-state index contributed by atoms with van der Waals surface area (Å²) < 4.78 is 19.3. The van der Waals surface area contributed by atoms with Crippen molar-refractivity contribution in [3.63, 3.8) is 0 Å². The lowest BCUT2D eigenvalue weighted by Gasteiger charge is -2.28. The number of rotatable bonds is 3. The second-order valence-corrected chi connectivity index (χ2v) is 6.54. The van der Waals surface area contributed by atoms with Crippen molar-refractivity contribution in [2.45, 2.75) is 6.42 Å². The van der Waals surface area contributed by atoms with Crippen LogP contribution in [-0.2, 0) is 0 Å². The van der Waals surface area contributed by atoms with Gasteiger partial charge in [0.1, 0.15) is 17.3 Å². The minimum absolute atomic E-state index is 0.0577. The molecule has 0 bridgehead atoms. The molecular weight excluding hydrogens is 375 g/mol. The number of fused-ring (bicyclic) bond motifs is 1. The summed E-state index contributed by atoms with van der Waals surface area (Å²) in [7, 11) is 1.53.